The molecule has 0 radical (unpaired) electrons. The Bertz CT molecular complexity index is 510. The van der Waals surface area contributed by atoms with Gasteiger partial charge in [-0.2, -0.15) is 0 Å². The van der Waals surface area contributed by atoms with Gasteiger partial charge in [-0.25, -0.2) is 4.39 Å². The van der Waals surface area contributed by atoms with Crippen LogP contribution in [0.15, 0.2) is 54.6 Å². The molecule has 2 heteroatoms. The Hall–Kier alpha value is -1.67. The number of unbranched alkanes of at least 4 members (excludes halogenated alkanes) is 1. The van der Waals surface area contributed by atoms with Crippen molar-refractivity contribution >= 4 is 0 Å². The highest BCUT2D eigenvalue weighted by Crippen LogP contribution is 2.05. The largest absolute Gasteiger partial charge is 0.327 e. The molecule has 20 heavy (non-hydrogen) atoms. The van der Waals surface area contributed by atoms with E-state index < -0.39 is 0 Å². The van der Waals surface area contributed by atoms with Gasteiger partial charge in [0, 0.05) is 11.1 Å². The molecular weight excluding hydrogens is 249 g/mol. The summed E-state index contributed by atoms with van der Waals surface area (Å²) in [6.07, 6.45) is 2.35. The first-order valence-electron chi connectivity index (χ1n) is 7.40. The quantitative estimate of drug-likeness (QED) is 0.789. The van der Waals surface area contributed by atoms with Crippen LogP contribution in [-0.4, -0.2) is 6.54 Å². The van der Waals surface area contributed by atoms with E-state index in [0.29, 0.717) is 0 Å². The zero-order valence-electron chi connectivity index (χ0n) is 12.1. The van der Waals surface area contributed by atoms with Crippen LogP contribution in [0.5, 0.6) is 0 Å². The van der Waals surface area contributed by atoms with Crippen molar-refractivity contribution in [2.75, 3.05) is 6.54 Å². The predicted molar refractivity (Wildman–Crippen MR) is 81.0 cm³/mol. The molecule has 1 nitrogen and oxygen atoms in total. The first-order valence-corrected chi connectivity index (χ1v) is 7.40. The van der Waals surface area contributed by atoms with E-state index in [1.54, 1.807) is 12.1 Å². The van der Waals surface area contributed by atoms with Gasteiger partial charge in [0.2, 0.25) is 0 Å². The molecule has 0 saturated heterocycles. The molecule has 106 valence electrons. The lowest BCUT2D eigenvalue weighted by Gasteiger charge is -2.20. The van der Waals surface area contributed by atoms with Crippen LogP contribution in [0.2, 0.25) is 0 Å². The smallest absolute Gasteiger partial charge is 0.132 e. The van der Waals surface area contributed by atoms with Crippen LogP contribution >= 0.6 is 0 Å². The van der Waals surface area contributed by atoms with E-state index in [-0.39, 0.29) is 5.82 Å². The lowest BCUT2D eigenvalue weighted by atomic mass is 10.1. The molecule has 0 bridgehead atoms. The first-order chi connectivity index (χ1) is 9.79. The second kappa shape index (κ2) is 7.81. The summed E-state index contributed by atoms with van der Waals surface area (Å²) in [4.78, 5) is 1.42. The maximum atomic E-state index is 13.8. The zero-order valence-corrected chi connectivity index (χ0v) is 12.1. The topological polar surface area (TPSA) is 4.44 Å². The molecule has 0 heterocycles. The van der Waals surface area contributed by atoms with Gasteiger partial charge in [-0.1, -0.05) is 61.9 Å². The molecule has 2 rings (SSSR count). The molecule has 0 aliphatic heterocycles. The van der Waals surface area contributed by atoms with E-state index in [1.165, 1.54) is 23.3 Å². The number of hydrogen-bond acceptors (Lipinski definition) is 0. The van der Waals surface area contributed by atoms with Crippen LogP contribution in [0.4, 0.5) is 4.39 Å². The molecule has 0 aliphatic carbocycles. The summed E-state index contributed by atoms with van der Waals surface area (Å²) in [5.41, 5.74) is 2.13. The van der Waals surface area contributed by atoms with Crippen LogP contribution in [0.1, 0.15) is 30.9 Å². The van der Waals surface area contributed by atoms with Crippen LogP contribution in [0.25, 0.3) is 0 Å². The predicted octanol–water partition coefficient (Wildman–Crippen LogP) is 3.21. The Kier molecular flexibility index (Phi) is 5.75. The SMILES string of the molecule is CCCC[NH+](Cc1ccccc1)Cc1ccccc1F. The third-order valence-corrected chi connectivity index (χ3v) is 3.58. The van der Waals surface area contributed by atoms with E-state index in [4.69, 9.17) is 0 Å². The molecule has 0 saturated carbocycles. The standard InChI is InChI=1S/C18H22FN/c1-2-3-13-20(14-16-9-5-4-6-10-16)15-17-11-7-8-12-18(17)19/h4-12H,2-3,13-15H2,1H3/p+1. The van der Waals surface area contributed by atoms with Crippen molar-refractivity contribution in [2.45, 2.75) is 32.9 Å². The molecule has 0 spiro atoms. The lowest BCUT2D eigenvalue weighted by Crippen LogP contribution is -3.09. The van der Waals surface area contributed by atoms with Crippen LogP contribution in [0.3, 0.4) is 0 Å². The van der Waals surface area contributed by atoms with Gasteiger partial charge in [0.05, 0.1) is 6.54 Å². The number of nitrogens with one attached hydrogen (secondary N) is 1. The van der Waals surface area contributed by atoms with Crippen LogP contribution < -0.4 is 4.90 Å². The van der Waals surface area contributed by atoms with Gasteiger partial charge in [-0.05, 0) is 12.5 Å². The molecule has 0 fully saturated rings. The fraction of sp³-hybridized carbons (Fsp3) is 0.333. The highest BCUT2D eigenvalue weighted by atomic mass is 19.1. The van der Waals surface area contributed by atoms with Crippen molar-refractivity contribution in [3.8, 4) is 0 Å². The van der Waals surface area contributed by atoms with E-state index in [0.717, 1.165) is 25.2 Å². The van der Waals surface area contributed by atoms with Crippen LogP contribution in [0, 0.1) is 5.82 Å². The summed E-state index contributed by atoms with van der Waals surface area (Å²) < 4.78 is 13.8. The number of rotatable bonds is 7. The van der Waals surface area contributed by atoms with Crippen molar-refractivity contribution < 1.29 is 9.29 Å². The van der Waals surface area contributed by atoms with Gasteiger partial charge >= 0.3 is 0 Å². The van der Waals surface area contributed by atoms with Crippen molar-refractivity contribution in [2.24, 2.45) is 0 Å². The van der Waals surface area contributed by atoms with Crippen molar-refractivity contribution in [3.63, 3.8) is 0 Å². The van der Waals surface area contributed by atoms with Gasteiger partial charge in [0.1, 0.15) is 18.9 Å². The first kappa shape index (κ1) is 14.7. The summed E-state index contributed by atoms with van der Waals surface area (Å²) in [5.74, 6) is -0.0884. The van der Waals surface area contributed by atoms with Crippen molar-refractivity contribution in [1.82, 2.24) is 0 Å². The number of benzene rings is 2. The van der Waals surface area contributed by atoms with Gasteiger partial charge in [0.15, 0.2) is 0 Å². The molecule has 1 unspecified atom stereocenters. The van der Waals surface area contributed by atoms with Crippen LogP contribution in [-0.2, 0) is 13.1 Å². The van der Waals surface area contributed by atoms with Gasteiger partial charge in [-0.15, -0.1) is 0 Å². The minimum atomic E-state index is -0.0884. The Labute approximate surface area is 121 Å². The Balaban J connectivity index is 2.05. The summed E-state index contributed by atoms with van der Waals surface area (Å²) in [6, 6.07) is 17.6. The average Bonchev–Trinajstić information content (AvgIpc) is 2.48. The second-order valence-corrected chi connectivity index (χ2v) is 5.28. The van der Waals surface area contributed by atoms with Gasteiger partial charge in [-0.3, -0.25) is 0 Å². The molecule has 1 N–H and O–H groups in total. The summed E-state index contributed by atoms with van der Waals surface area (Å²) in [7, 11) is 0. The Morgan fingerprint density at radius 2 is 1.60 bits per heavy atom. The average molecular weight is 272 g/mol. The molecule has 1 atom stereocenters. The van der Waals surface area contributed by atoms with E-state index >= 15 is 0 Å². The van der Waals surface area contributed by atoms with Crippen molar-refractivity contribution in [1.29, 1.82) is 0 Å². The Morgan fingerprint density at radius 1 is 0.900 bits per heavy atom. The zero-order chi connectivity index (χ0) is 14.2. The molecule has 0 aromatic heterocycles. The number of quaternary nitrogens is 1. The fourth-order valence-electron chi connectivity index (χ4n) is 2.46. The monoisotopic (exact) mass is 272 g/mol. The fourth-order valence-corrected chi connectivity index (χ4v) is 2.46. The second-order valence-electron chi connectivity index (χ2n) is 5.28. The van der Waals surface area contributed by atoms with E-state index in [9.17, 15) is 4.39 Å². The maximum Gasteiger partial charge on any atom is 0.132 e. The lowest BCUT2D eigenvalue weighted by molar-refractivity contribution is -0.928. The summed E-state index contributed by atoms with van der Waals surface area (Å²) in [6.45, 7) is 4.99. The minimum Gasteiger partial charge on any atom is -0.327 e. The van der Waals surface area contributed by atoms with E-state index in [2.05, 4.69) is 31.2 Å². The van der Waals surface area contributed by atoms with Gasteiger partial charge < -0.3 is 4.90 Å². The van der Waals surface area contributed by atoms with E-state index in [1.807, 2.05) is 18.2 Å². The normalized spacial score (nSPS) is 12.3. The summed E-state index contributed by atoms with van der Waals surface area (Å²) >= 11 is 0. The molecular formula is C18H23FN+. The highest BCUT2D eigenvalue weighted by molar-refractivity contribution is 5.16. The minimum absolute atomic E-state index is 0.0884. The molecule has 2 aromatic carbocycles. The van der Waals surface area contributed by atoms with Crippen molar-refractivity contribution in [3.05, 3.63) is 71.5 Å². The third kappa shape index (κ3) is 4.46. The number of halogens is 1. The molecule has 0 aliphatic rings. The van der Waals surface area contributed by atoms with Gasteiger partial charge in [0.25, 0.3) is 0 Å². The molecule has 2 aromatic rings. The summed E-state index contributed by atoms with van der Waals surface area (Å²) in [5, 5.41) is 0. The maximum absolute atomic E-state index is 13.8. The number of hydrogen-bond donors (Lipinski definition) is 1. The molecule has 0 amide bonds. The third-order valence-electron chi connectivity index (χ3n) is 3.58. The highest BCUT2D eigenvalue weighted by Gasteiger charge is 2.12. The Morgan fingerprint density at radius 3 is 2.30 bits per heavy atom.